The van der Waals surface area contributed by atoms with E-state index < -0.39 is 0 Å². The molecule has 2 nitrogen and oxygen atoms in total. The molecule has 2 aromatic rings. The molecule has 3 rings (SSSR count). The largest absolute Gasteiger partial charge is 0.388 e. The highest BCUT2D eigenvalue weighted by Gasteiger charge is 2.20. The van der Waals surface area contributed by atoms with Crippen LogP contribution >= 0.6 is 0 Å². The minimum atomic E-state index is -0.319. The maximum Gasteiger partial charge on any atom is 0.0998 e. The number of hydrogen-bond donors (Lipinski definition) is 1. The highest BCUT2D eigenvalue weighted by Crippen LogP contribution is 2.34. The van der Waals surface area contributed by atoms with E-state index in [1.807, 2.05) is 36.4 Å². The van der Waals surface area contributed by atoms with Crippen molar-refractivity contribution in [1.82, 2.24) is 0 Å². The molecule has 0 unspecified atom stereocenters. The SMILES string of the molecule is N#Cc1ccccc1-c1ccc2c(c1)CC[C@@H]2O. The average molecular weight is 235 g/mol. The lowest BCUT2D eigenvalue weighted by Crippen LogP contribution is -1.91. The third-order valence-electron chi connectivity index (χ3n) is 3.55. The molecule has 2 heteroatoms. The van der Waals surface area contributed by atoms with Crippen molar-refractivity contribution in [3.05, 3.63) is 59.2 Å². The van der Waals surface area contributed by atoms with Gasteiger partial charge in [-0.3, -0.25) is 0 Å². The van der Waals surface area contributed by atoms with Crippen LogP contribution in [0.25, 0.3) is 11.1 Å². The van der Waals surface area contributed by atoms with Crippen molar-refractivity contribution in [2.24, 2.45) is 0 Å². The fraction of sp³-hybridized carbons (Fsp3) is 0.188. The van der Waals surface area contributed by atoms with Gasteiger partial charge in [0.2, 0.25) is 0 Å². The van der Waals surface area contributed by atoms with Crippen LogP contribution in [0.5, 0.6) is 0 Å². The molecule has 2 aromatic carbocycles. The summed E-state index contributed by atoms with van der Waals surface area (Å²) in [6.45, 7) is 0. The molecular formula is C16H13NO. The van der Waals surface area contributed by atoms with Crippen LogP contribution < -0.4 is 0 Å². The molecule has 1 aliphatic carbocycles. The van der Waals surface area contributed by atoms with Gasteiger partial charge in [-0.25, -0.2) is 0 Å². The molecule has 88 valence electrons. The van der Waals surface area contributed by atoms with Gasteiger partial charge in [-0.05, 0) is 41.2 Å². The number of benzene rings is 2. The van der Waals surface area contributed by atoms with Crippen molar-refractivity contribution in [3.8, 4) is 17.2 Å². The zero-order valence-electron chi connectivity index (χ0n) is 9.93. The number of hydrogen-bond acceptors (Lipinski definition) is 2. The molecule has 0 aromatic heterocycles. The Hall–Kier alpha value is -2.11. The summed E-state index contributed by atoms with van der Waals surface area (Å²) in [7, 11) is 0. The van der Waals surface area contributed by atoms with E-state index in [4.69, 9.17) is 5.26 Å². The maximum absolute atomic E-state index is 9.79. The number of nitrogens with zero attached hydrogens (tertiary/aromatic N) is 1. The number of rotatable bonds is 1. The zero-order valence-corrected chi connectivity index (χ0v) is 9.93. The fourth-order valence-corrected chi connectivity index (χ4v) is 2.59. The summed E-state index contributed by atoms with van der Waals surface area (Å²) in [6, 6.07) is 15.9. The van der Waals surface area contributed by atoms with Crippen LogP contribution in [0.3, 0.4) is 0 Å². The summed E-state index contributed by atoms with van der Waals surface area (Å²) in [6.07, 6.45) is 1.40. The molecule has 0 aliphatic heterocycles. The van der Waals surface area contributed by atoms with Crippen molar-refractivity contribution in [3.63, 3.8) is 0 Å². The summed E-state index contributed by atoms with van der Waals surface area (Å²) in [5.74, 6) is 0. The van der Waals surface area contributed by atoms with Crippen molar-refractivity contribution in [2.75, 3.05) is 0 Å². The predicted octanol–water partition coefficient (Wildman–Crippen LogP) is 3.20. The molecule has 0 bridgehead atoms. The second-order valence-electron chi connectivity index (χ2n) is 4.63. The molecule has 1 atom stereocenters. The Bertz CT molecular complexity index is 640. The smallest absolute Gasteiger partial charge is 0.0998 e. The predicted molar refractivity (Wildman–Crippen MR) is 69.9 cm³/mol. The number of aliphatic hydroxyl groups is 1. The van der Waals surface area contributed by atoms with Gasteiger partial charge in [0.1, 0.15) is 0 Å². The first kappa shape index (κ1) is 11.0. The Morgan fingerprint density at radius 1 is 1.17 bits per heavy atom. The minimum absolute atomic E-state index is 0.319. The Morgan fingerprint density at radius 2 is 2.00 bits per heavy atom. The van der Waals surface area contributed by atoms with Gasteiger partial charge in [0, 0.05) is 0 Å². The molecule has 0 spiro atoms. The first-order valence-electron chi connectivity index (χ1n) is 6.10. The van der Waals surface area contributed by atoms with Crippen LogP contribution in [0.4, 0.5) is 0 Å². The topological polar surface area (TPSA) is 44.0 Å². The van der Waals surface area contributed by atoms with Crippen LogP contribution in [0.1, 0.15) is 29.2 Å². The molecule has 1 aliphatic rings. The molecule has 0 radical (unpaired) electrons. The lowest BCUT2D eigenvalue weighted by Gasteiger charge is -2.08. The lowest BCUT2D eigenvalue weighted by atomic mass is 9.97. The van der Waals surface area contributed by atoms with Crippen LogP contribution in [0, 0.1) is 11.3 Å². The van der Waals surface area contributed by atoms with Gasteiger partial charge in [0.05, 0.1) is 17.7 Å². The summed E-state index contributed by atoms with van der Waals surface area (Å²) >= 11 is 0. The molecule has 0 saturated heterocycles. The monoisotopic (exact) mass is 235 g/mol. The molecule has 1 N–H and O–H groups in total. The highest BCUT2D eigenvalue weighted by atomic mass is 16.3. The summed E-state index contributed by atoms with van der Waals surface area (Å²) in [5.41, 5.74) is 4.95. The number of aryl methyl sites for hydroxylation is 1. The second kappa shape index (κ2) is 4.29. The van der Waals surface area contributed by atoms with Gasteiger partial charge in [-0.2, -0.15) is 5.26 Å². The van der Waals surface area contributed by atoms with Crippen molar-refractivity contribution in [1.29, 1.82) is 5.26 Å². The maximum atomic E-state index is 9.79. The third-order valence-corrected chi connectivity index (χ3v) is 3.55. The quantitative estimate of drug-likeness (QED) is 0.824. The first-order valence-corrected chi connectivity index (χ1v) is 6.10. The van der Waals surface area contributed by atoms with E-state index >= 15 is 0 Å². The number of nitriles is 1. The van der Waals surface area contributed by atoms with Crippen molar-refractivity contribution < 1.29 is 5.11 Å². The van der Waals surface area contributed by atoms with Crippen LogP contribution in [0.15, 0.2) is 42.5 Å². The molecule has 0 saturated carbocycles. The molecule has 0 amide bonds. The van der Waals surface area contributed by atoms with E-state index in [0.717, 1.165) is 29.5 Å². The summed E-state index contributed by atoms with van der Waals surface area (Å²) in [4.78, 5) is 0. The Kier molecular flexibility index (Phi) is 2.62. The second-order valence-corrected chi connectivity index (χ2v) is 4.63. The standard InChI is InChI=1S/C16H13NO/c17-10-13-3-1-2-4-14(13)11-5-7-15-12(9-11)6-8-16(15)18/h1-5,7,9,16,18H,6,8H2/t16-/m0/s1. The van der Waals surface area contributed by atoms with Crippen LogP contribution in [-0.2, 0) is 6.42 Å². The van der Waals surface area contributed by atoms with E-state index in [1.165, 1.54) is 5.56 Å². The number of fused-ring (bicyclic) bond motifs is 1. The molecule has 0 heterocycles. The van der Waals surface area contributed by atoms with Crippen LogP contribution in [-0.4, -0.2) is 5.11 Å². The van der Waals surface area contributed by atoms with Crippen molar-refractivity contribution >= 4 is 0 Å². The summed E-state index contributed by atoms with van der Waals surface area (Å²) < 4.78 is 0. The van der Waals surface area contributed by atoms with Gasteiger partial charge < -0.3 is 5.11 Å². The van der Waals surface area contributed by atoms with Gasteiger partial charge in [-0.1, -0.05) is 36.4 Å². The Balaban J connectivity index is 2.11. The fourth-order valence-electron chi connectivity index (χ4n) is 2.59. The average Bonchev–Trinajstić information content (AvgIpc) is 2.80. The molecular weight excluding hydrogens is 222 g/mol. The molecule has 0 fully saturated rings. The zero-order chi connectivity index (χ0) is 12.5. The van der Waals surface area contributed by atoms with E-state index in [2.05, 4.69) is 12.1 Å². The van der Waals surface area contributed by atoms with Gasteiger partial charge in [0.15, 0.2) is 0 Å². The van der Waals surface area contributed by atoms with E-state index in [-0.39, 0.29) is 6.10 Å². The normalized spacial score (nSPS) is 17.2. The van der Waals surface area contributed by atoms with Crippen molar-refractivity contribution in [2.45, 2.75) is 18.9 Å². The Morgan fingerprint density at radius 3 is 2.83 bits per heavy atom. The molecule has 18 heavy (non-hydrogen) atoms. The third kappa shape index (κ3) is 1.70. The first-order chi connectivity index (χ1) is 8.79. The highest BCUT2D eigenvalue weighted by molar-refractivity contribution is 5.71. The summed E-state index contributed by atoms with van der Waals surface area (Å²) in [5, 5.41) is 18.9. The van der Waals surface area contributed by atoms with Crippen LogP contribution in [0.2, 0.25) is 0 Å². The number of aliphatic hydroxyl groups excluding tert-OH is 1. The van der Waals surface area contributed by atoms with E-state index in [0.29, 0.717) is 5.56 Å². The van der Waals surface area contributed by atoms with Gasteiger partial charge >= 0.3 is 0 Å². The lowest BCUT2D eigenvalue weighted by molar-refractivity contribution is 0.180. The van der Waals surface area contributed by atoms with E-state index in [9.17, 15) is 5.11 Å². The van der Waals surface area contributed by atoms with E-state index in [1.54, 1.807) is 0 Å². The minimum Gasteiger partial charge on any atom is -0.388 e. The van der Waals surface area contributed by atoms with Gasteiger partial charge in [-0.15, -0.1) is 0 Å². The Labute approximate surface area is 106 Å². The van der Waals surface area contributed by atoms with Gasteiger partial charge in [0.25, 0.3) is 0 Å².